The molecule has 3 aromatic rings. The van der Waals surface area contributed by atoms with Crippen LogP contribution in [0.25, 0.3) is 11.6 Å². The molecule has 154 valence electrons. The molecule has 1 aliphatic carbocycles. The Morgan fingerprint density at radius 1 is 1.13 bits per heavy atom. The molecule has 30 heavy (non-hydrogen) atoms. The molecule has 1 aromatic heterocycles. The third-order valence-electron chi connectivity index (χ3n) is 5.42. The maximum absolute atomic E-state index is 13.0. The summed E-state index contributed by atoms with van der Waals surface area (Å²) in [6, 6.07) is 16.7. The van der Waals surface area contributed by atoms with Crippen molar-refractivity contribution < 1.29 is 9.90 Å². The van der Waals surface area contributed by atoms with E-state index in [-0.39, 0.29) is 12.5 Å². The summed E-state index contributed by atoms with van der Waals surface area (Å²) in [7, 11) is 0. The molecule has 5 nitrogen and oxygen atoms in total. The first kappa shape index (κ1) is 20.4. The topological polar surface area (TPSA) is 78.0 Å². The van der Waals surface area contributed by atoms with Gasteiger partial charge in [0.2, 0.25) is 0 Å². The van der Waals surface area contributed by atoms with Crippen molar-refractivity contribution in [2.45, 2.75) is 31.7 Å². The van der Waals surface area contributed by atoms with Crippen molar-refractivity contribution in [2.75, 3.05) is 6.61 Å². The van der Waals surface area contributed by atoms with Crippen LogP contribution < -0.4 is 5.32 Å². The SMILES string of the molecule is O=C(N[C@@H](CO)c1ccccc1)c1[nH]nc2c1CCCC/C2=C\c1ccc(Cl)cc1. The number of H-pyrrole nitrogens is 1. The first-order valence-corrected chi connectivity index (χ1v) is 10.5. The second-order valence-electron chi connectivity index (χ2n) is 7.47. The van der Waals surface area contributed by atoms with Crippen LogP contribution in [0.15, 0.2) is 54.6 Å². The highest BCUT2D eigenvalue weighted by atomic mass is 35.5. The van der Waals surface area contributed by atoms with Crippen LogP contribution in [-0.2, 0) is 6.42 Å². The number of allylic oxidation sites excluding steroid dienone is 1. The number of nitrogens with one attached hydrogen (secondary N) is 2. The van der Waals surface area contributed by atoms with Gasteiger partial charge >= 0.3 is 0 Å². The normalized spacial score (nSPS) is 16.0. The standard InChI is InChI=1S/C24H24ClN3O2/c25-19-12-10-16(11-13-19)14-18-8-4-5-9-20-22(18)27-28-23(20)24(30)26-21(15-29)17-6-2-1-3-7-17/h1-3,6-7,10-14,21,29H,4-5,8-9,15H2,(H,26,30)(H,27,28)/b18-14+/t21-/m0/s1. The van der Waals surface area contributed by atoms with Crippen molar-refractivity contribution in [3.05, 3.63) is 87.7 Å². The number of aliphatic hydroxyl groups excluding tert-OH is 1. The molecule has 1 aliphatic rings. The molecule has 0 unspecified atom stereocenters. The van der Waals surface area contributed by atoms with Gasteiger partial charge in [-0.05, 0) is 60.6 Å². The maximum Gasteiger partial charge on any atom is 0.270 e. The summed E-state index contributed by atoms with van der Waals surface area (Å²) in [5, 5.41) is 20.9. The predicted octanol–water partition coefficient (Wildman–Crippen LogP) is 4.79. The number of benzene rings is 2. The summed E-state index contributed by atoms with van der Waals surface area (Å²) >= 11 is 6.00. The van der Waals surface area contributed by atoms with E-state index >= 15 is 0 Å². The first-order valence-electron chi connectivity index (χ1n) is 10.2. The molecule has 1 amide bonds. The Balaban J connectivity index is 1.61. The molecule has 0 bridgehead atoms. The first-order chi connectivity index (χ1) is 14.7. The minimum atomic E-state index is -0.465. The van der Waals surface area contributed by atoms with Gasteiger partial charge in [0.15, 0.2) is 0 Å². The monoisotopic (exact) mass is 421 g/mol. The zero-order valence-corrected chi connectivity index (χ0v) is 17.3. The molecule has 0 aliphatic heterocycles. The highest BCUT2D eigenvalue weighted by molar-refractivity contribution is 6.30. The third kappa shape index (κ3) is 4.48. The number of nitrogens with zero attached hydrogens (tertiary/aromatic N) is 1. The van der Waals surface area contributed by atoms with E-state index in [0.717, 1.165) is 53.6 Å². The van der Waals surface area contributed by atoms with Gasteiger partial charge in [0.1, 0.15) is 5.69 Å². The van der Waals surface area contributed by atoms with Gasteiger partial charge in [0.05, 0.1) is 18.3 Å². The second-order valence-corrected chi connectivity index (χ2v) is 7.91. The Bertz CT molecular complexity index is 1040. The minimum Gasteiger partial charge on any atom is -0.394 e. The number of amides is 1. The Hall–Kier alpha value is -2.89. The van der Waals surface area contributed by atoms with Gasteiger partial charge in [-0.3, -0.25) is 9.89 Å². The summed E-state index contributed by atoms with van der Waals surface area (Å²) in [5.74, 6) is -0.251. The van der Waals surface area contributed by atoms with Gasteiger partial charge in [0.25, 0.3) is 5.91 Å². The second kappa shape index (κ2) is 9.28. The molecule has 1 heterocycles. The van der Waals surface area contributed by atoms with Crippen LogP contribution in [0.1, 0.15) is 58.2 Å². The molecular formula is C24H24ClN3O2. The molecule has 6 heteroatoms. The maximum atomic E-state index is 13.0. The summed E-state index contributed by atoms with van der Waals surface area (Å²) in [6.07, 6.45) is 5.85. The van der Waals surface area contributed by atoms with Gasteiger partial charge in [-0.15, -0.1) is 0 Å². The van der Waals surface area contributed by atoms with Crippen LogP contribution in [0.5, 0.6) is 0 Å². The van der Waals surface area contributed by atoms with Crippen molar-refractivity contribution in [1.82, 2.24) is 15.5 Å². The lowest BCUT2D eigenvalue weighted by Crippen LogP contribution is -2.31. The van der Waals surface area contributed by atoms with Gasteiger partial charge < -0.3 is 10.4 Å². The van der Waals surface area contributed by atoms with Gasteiger partial charge in [-0.25, -0.2) is 0 Å². The lowest BCUT2D eigenvalue weighted by atomic mass is 10.0. The smallest absolute Gasteiger partial charge is 0.270 e. The van der Waals surface area contributed by atoms with E-state index in [1.165, 1.54) is 0 Å². The average Bonchev–Trinajstić information content (AvgIpc) is 3.10. The van der Waals surface area contributed by atoms with Crippen LogP contribution in [0.2, 0.25) is 5.02 Å². The van der Waals surface area contributed by atoms with E-state index in [0.29, 0.717) is 10.7 Å². The molecule has 2 aromatic carbocycles. The van der Waals surface area contributed by atoms with E-state index < -0.39 is 6.04 Å². The number of rotatable bonds is 5. The molecule has 0 saturated heterocycles. The molecule has 0 fully saturated rings. The molecule has 4 rings (SSSR count). The van der Waals surface area contributed by atoms with Crippen LogP contribution in [0.4, 0.5) is 0 Å². The molecular weight excluding hydrogens is 398 g/mol. The number of hydrogen-bond donors (Lipinski definition) is 3. The van der Waals surface area contributed by atoms with E-state index in [1.54, 1.807) is 0 Å². The number of carbonyl (C=O) groups excluding carboxylic acids is 1. The van der Waals surface area contributed by atoms with Crippen molar-refractivity contribution in [2.24, 2.45) is 0 Å². The number of halogens is 1. The van der Waals surface area contributed by atoms with E-state index in [2.05, 4.69) is 21.6 Å². The van der Waals surface area contributed by atoms with E-state index in [1.807, 2.05) is 54.6 Å². The third-order valence-corrected chi connectivity index (χ3v) is 5.67. The van der Waals surface area contributed by atoms with Gasteiger partial charge in [-0.1, -0.05) is 54.1 Å². The predicted molar refractivity (Wildman–Crippen MR) is 119 cm³/mol. The van der Waals surface area contributed by atoms with Crippen molar-refractivity contribution in [3.63, 3.8) is 0 Å². The van der Waals surface area contributed by atoms with Gasteiger partial charge in [0, 0.05) is 10.6 Å². The van der Waals surface area contributed by atoms with E-state index in [9.17, 15) is 9.90 Å². The number of aromatic nitrogens is 2. The minimum absolute atomic E-state index is 0.173. The number of aliphatic hydroxyl groups is 1. The van der Waals surface area contributed by atoms with Crippen molar-refractivity contribution in [3.8, 4) is 0 Å². The quantitative estimate of drug-likeness (QED) is 0.518. The number of carbonyl (C=O) groups is 1. The van der Waals surface area contributed by atoms with Crippen molar-refractivity contribution in [1.29, 1.82) is 0 Å². The Labute approximate surface area is 180 Å². The van der Waals surface area contributed by atoms with E-state index in [4.69, 9.17) is 11.6 Å². The number of fused-ring (bicyclic) bond motifs is 1. The van der Waals surface area contributed by atoms with Crippen LogP contribution >= 0.6 is 11.6 Å². The zero-order chi connectivity index (χ0) is 20.9. The zero-order valence-electron chi connectivity index (χ0n) is 16.6. The molecule has 0 radical (unpaired) electrons. The summed E-state index contributed by atoms with van der Waals surface area (Å²) in [5.41, 5.74) is 5.30. The molecule has 1 atom stereocenters. The van der Waals surface area contributed by atoms with Crippen LogP contribution in [0, 0.1) is 0 Å². The molecule has 3 N–H and O–H groups in total. The fourth-order valence-corrected chi connectivity index (χ4v) is 3.97. The lowest BCUT2D eigenvalue weighted by molar-refractivity contribution is 0.0910. The average molecular weight is 422 g/mol. The largest absolute Gasteiger partial charge is 0.394 e. The summed E-state index contributed by atoms with van der Waals surface area (Å²) in [4.78, 5) is 13.0. The van der Waals surface area contributed by atoms with Crippen LogP contribution in [-0.4, -0.2) is 27.8 Å². The van der Waals surface area contributed by atoms with Gasteiger partial charge in [-0.2, -0.15) is 5.10 Å². The number of aromatic amines is 1. The highest BCUT2D eigenvalue weighted by Crippen LogP contribution is 2.32. The fourth-order valence-electron chi connectivity index (χ4n) is 3.85. The summed E-state index contributed by atoms with van der Waals surface area (Å²) in [6.45, 7) is -0.173. The molecule has 0 spiro atoms. The fraction of sp³-hybridized carbons (Fsp3) is 0.250. The Morgan fingerprint density at radius 2 is 1.87 bits per heavy atom. The Morgan fingerprint density at radius 3 is 2.60 bits per heavy atom. The highest BCUT2D eigenvalue weighted by Gasteiger charge is 2.25. The summed E-state index contributed by atoms with van der Waals surface area (Å²) < 4.78 is 0. The number of hydrogen-bond acceptors (Lipinski definition) is 3. The van der Waals surface area contributed by atoms with Crippen LogP contribution in [0.3, 0.4) is 0 Å². The van der Waals surface area contributed by atoms with Crippen molar-refractivity contribution >= 4 is 29.2 Å². The molecule has 0 saturated carbocycles. The lowest BCUT2D eigenvalue weighted by Gasteiger charge is -2.16. The Kier molecular flexibility index (Phi) is 6.31.